The summed E-state index contributed by atoms with van der Waals surface area (Å²) in [6.45, 7) is 4.72. The van der Waals surface area contributed by atoms with Crippen LogP contribution in [0, 0.1) is 5.92 Å². The Bertz CT molecular complexity index is 711. The molecule has 0 aliphatic rings. The van der Waals surface area contributed by atoms with Crippen LogP contribution in [0.25, 0.3) is 0 Å². The molecule has 1 heterocycles. The maximum atomic E-state index is 12.4. The largest absolute Gasteiger partial charge is 0.480 e. The number of nitrogens with zero attached hydrogens (tertiary/aromatic N) is 1. The second kappa shape index (κ2) is 11.4. The number of nitrogens with two attached hydrogens (primary N) is 1. The summed E-state index contributed by atoms with van der Waals surface area (Å²) in [4.78, 5) is 54.7. The van der Waals surface area contributed by atoms with Gasteiger partial charge in [-0.3, -0.25) is 14.4 Å². The van der Waals surface area contributed by atoms with Crippen molar-refractivity contribution in [2.24, 2.45) is 11.7 Å². The molecule has 1 rings (SSSR count). The molecule has 0 saturated heterocycles. The van der Waals surface area contributed by atoms with Crippen molar-refractivity contribution in [1.82, 2.24) is 25.9 Å². The second-order valence-corrected chi connectivity index (χ2v) is 7.30. The SMILES string of the molecule is CC(NC(=O)C(CS)NC(=O)C(N)Cc1cnc[nH]1)C(=O)NC(C(=O)O)C(C)C. The minimum absolute atomic E-state index is 0.0214. The number of hydrogen-bond acceptors (Lipinski definition) is 7. The van der Waals surface area contributed by atoms with Gasteiger partial charge in [-0.1, -0.05) is 13.8 Å². The number of rotatable bonds is 11. The Morgan fingerprint density at radius 3 is 2.28 bits per heavy atom. The van der Waals surface area contributed by atoms with Crippen LogP contribution in [0.4, 0.5) is 0 Å². The van der Waals surface area contributed by atoms with Crippen molar-refractivity contribution in [2.75, 3.05) is 5.75 Å². The van der Waals surface area contributed by atoms with Gasteiger partial charge in [0.1, 0.15) is 18.1 Å². The molecule has 0 aliphatic heterocycles. The Morgan fingerprint density at radius 2 is 1.79 bits per heavy atom. The van der Waals surface area contributed by atoms with Crippen molar-refractivity contribution in [1.29, 1.82) is 0 Å². The van der Waals surface area contributed by atoms with Gasteiger partial charge in [-0.15, -0.1) is 0 Å². The van der Waals surface area contributed by atoms with Gasteiger partial charge in [0.25, 0.3) is 0 Å². The molecule has 0 aliphatic carbocycles. The molecule has 4 atom stereocenters. The number of nitrogens with one attached hydrogen (secondary N) is 4. The lowest BCUT2D eigenvalue weighted by Crippen LogP contribution is -2.57. The molecule has 1 aromatic rings. The Hall–Kier alpha value is -2.60. The smallest absolute Gasteiger partial charge is 0.326 e. The molecular formula is C17H28N6O5S. The van der Waals surface area contributed by atoms with E-state index < -0.39 is 47.9 Å². The number of hydrogen-bond donors (Lipinski definition) is 7. The van der Waals surface area contributed by atoms with Gasteiger partial charge in [0.2, 0.25) is 17.7 Å². The highest BCUT2D eigenvalue weighted by Crippen LogP contribution is 2.03. The predicted octanol–water partition coefficient (Wildman–Crippen LogP) is -1.58. The first-order chi connectivity index (χ1) is 13.6. The highest BCUT2D eigenvalue weighted by molar-refractivity contribution is 7.80. The van der Waals surface area contributed by atoms with Gasteiger partial charge in [-0.05, 0) is 12.8 Å². The summed E-state index contributed by atoms with van der Waals surface area (Å²) in [6, 6.07) is -4.02. The van der Waals surface area contributed by atoms with E-state index >= 15 is 0 Å². The Labute approximate surface area is 174 Å². The van der Waals surface area contributed by atoms with Gasteiger partial charge in [-0.25, -0.2) is 9.78 Å². The van der Waals surface area contributed by atoms with E-state index in [-0.39, 0.29) is 18.1 Å². The van der Waals surface area contributed by atoms with Crippen LogP contribution in [0.2, 0.25) is 0 Å². The topological polar surface area (TPSA) is 179 Å². The van der Waals surface area contributed by atoms with Gasteiger partial charge < -0.3 is 31.8 Å². The summed E-state index contributed by atoms with van der Waals surface area (Å²) in [7, 11) is 0. The third-order valence-electron chi connectivity index (χ3n) is 4.13. The number of thiol groups is 1. The highest BCUT2D eigenvalue weighted by Gasteiger charge is 2.29. The van der Waals surface area contributed by atoms with Crippen molar-refractivity contribution < 1.29 is 24.3 Å². The molecule has 11 nitrogen and oxygen atoms in total. The van der Waals surface area contributed by atoms with E-state index in [2.05, 4.69) is 38.5 Å². The van der Waals surface area contributed by atoms with Crippen LogP contribution in [0.3, 0.4) is 0 Å². The van der Waals surface area contributed by atoms with Crippen LogP contribution in [0.1, 0.15) is 26.5 Å². The van der Waals surface area contributed by atoms with Crippen LogP contribution < -0.4 is 21.7 Å². The zero-order chi connectivity index (χ0) is 22.1. The van der Waals surface area contributed by atoms with Crippen LogP contribution in [-0.4, -0.2) is 68.7 Å². The molecule has 7 N–H and O–H groups in total. The molecular weight excluding hydrogens is 400 g/mol. The maximum absolute atomic E-state index is 12.4. The summed E-state index contributed by atoms with van der Waals surface area (Å²) < 4.78 is 0. The third-order valence-corrected chi connectivity index (χ3v) is 4.49. The van der Waals surface area contributed by atoms with Gasteiger partial charge in [0.15, 0.2) is 0 Å². The molecule has 4 unspecified atom stereocenters. The minimum Gasteiger partial charge on any atom is -0.480 e. The molecule has 12 heteroatoms. The third kappa shape index (κ3) is 7.74. The first-order valence-corrected chi connectivity index (χ1v) is 9.67. The first-order valence-electron chi connectivity index (χ1n) is 9.04. The van der Waals surface area contributed by atoms with Crippen molar-refractivity contribution >= 4 is 36.3 Å². The van der Waals surface area contributed by atoms with Crippen molar-refractivity contribution in [2.45, 2.75) is 51.4 Å². The normalized spacial score (nSPS) is 15.1. The monoisotopic (exact) mass is 428 g/mol. The minimum atomic E-state index is -1.17. The van der Waals surface area contributed by atoms with Crippen molar-refractivity contribution in [3.05, 3.63) is 18.2 Å². The number of aromatic amines is 1. The summed E-state index contributed by atoms with van der Waals surface area (Å²) in [6.07, 6.45) is 3.21. The van der Waals surface area contributed by atoms with E-state index in [0.29, 0.717) is 5.69 Å². The fourth-order valence-electron chi connectivity index (χ4n) is 2.37. The van der Waals surface area contributed by atoms with Crippen LogP contribution >= 0.6 is 12.6 Å². The average Bonchev–Trinajstić information content (AvgIpc) is 3.15. The lowest BCUT2D eigenvalue weighted by atomic mass is 10.0. The number of imidazole rings is 1. The molecule has 3 amide bonds. The standard InChI is InChI=1S/C17H28N6O5S/c1-8(2)13(17(27)28)23-14(24)9(3)21-16(26)12(6-29)22-15(25)11(18)4-10-5-19-7-20-10/h5,7-9,11-13,29H,4,6,18H2,1-3H3,(H,19,20)(H,21,26)(H,22,25)(H,23,24)(H,27,28). The van der Waals surface area contributed by atoms with Gasteiger partial charge in [-0.2, -0.15) is 12.6 Å². The van der Waals surface area contributed by atoms with E-state index in [4.69, 9.17) is 10.8 Å². The van der Waals surface area contributed by atoms with Gasteiger partial charge >= 0.3 is 5.97 Å². The Kier molecular flexibility index (Phi) is 9.62. The molecule has 0 aromatic carbocycles. The summed E-state index contributed by atoms with van der Waals surface area (Å²) >= 11 is 4.06. The molecule has 0 radical (unpaired) electrons. The molecule has 0 spiro atoms. The lowest BCUT2D eigenvalue weighted by Gasteiger charge is -2.23. The number of aromatic nitrogens is 2. The number of carboxylic acid groups (broad SMARTS) is 1. The molecule has 0 bridgehead atoms. The lowest BCUT2D eigenvalue weighted by molar-refractivity contribution is -0.143. The molecule has 1 aromatic heterocycles. The van der Waals surface area contributed by atoms with E-state index in [1.807, 2.05) is 0 Å². The molecule has 0 fully saturated rings. The fraction of sp³-hybridized carbons (Fsp3) is 0.588. The van der Waals surface area contributed by atoms with Crippen molar-refractivity contribution in [3.8, 4) is 0 Å². The molecule has 0 saturated carbocycles. The van der Waals surface area contributed by atoms with Crippen molar-refractivity contribution in [3.63, 3.8) is 0 Å². The zero-order valence-electron chi connectivity index (χ0n) is 16.5. The quantitative estimate of drug-likeness (QED) is 0.208. The Balaban J connectivity index is 2.61. The number of carbonyl (C=O) groups is 4. The van der Waals surface area contributed by atoms with E-state index in [1.165, 1.54) is 19.4 Å². The van der Waals surface area contributed by atoms with Crippen LogP contribution in [-0.2, 0) is 25.6 Å². The molecule has 162 valence electrons. The number of H-pyrrole nitrogens is 1. The number of aliphatic carboxylic acids is 1. The van der Waals surface area contributed by atoms with Gasteiger partial charge in [0, 0.05) is 24.1 Å². The number of carbonyl (C=O) groups excluding carboxylic acids is 3. The fourth-order valence-corrected chi connectivity index (χ4v) is 2.63. The predicted molar refractivity (Wildman–Crippen MR) is 108 cm³/mol. The zero-order valence-corrected chi connectivity index (χ0v) is 17.4. The number of carboxylic acids is 1. The van der Waals surface area contributed by atoms with E-state index in [1.54, 1.807) is 13.8 Å². The summed E-state index contributed by atoms with van der Waals surface area (Å²) in [5.41, 5.74) is 6.51. The number of amides is 3. The first kappa shape index (κ1) is 24.4. The van der Waals surface area contributed by atoms with E-state index in [9.17, 15) is 19.2 Å². The Morgan fingerprint density at radius 1 is 1.14 bits per heavy atom. The highest BCUT2D eigenvalue weighted by atomic mass is 32.1. The van der Waals surface area contributed by atoms with E-state index in [0.717, 1.165) is 0 Å². The van der Waals surface area contributed by atoms with Crippen LogP contribution in [0.15, 0.2) is 12.5 Å². The van der Waals surface area contributed by atoms with Crippen LogP contribution in [0.5, 0.6) is 0 Å². The summed E-state index contributed by atoms with van der Waals surface area (Å²) in [5, 5.41) is 16.4. The summed E-state index contributed by atoms with van der Waals surface area (Å²) in [5.74, 6) is -3.37. The average molecular weight is 429 g/mol. The maximum Gasteiger partial charge on any atom is 0.326 e. The second-order valence-electron chi connectivity index (χ2n) is 6.93. The molecule has 29 heavy (non-hydrogen) atoms. The van der Waals surface area contributed by atoms with Gasteiger partial charge in [0.05, 0.1) is 12.4 Å².